The Hall–Kier alpha value is -2.26. The van der Waals surface area contributed by atoms with E-state index in [4.69, 9.17) is 11.6 Å². The maximum atomic E-state index is 13.7. The zero-order valence-electron chi connectivity index (χ0n) is 18.1. The highest BCUT2D eigenvalue weighted by Crippen LogP contribution is 2.37. The molecule has 2 N–H and O–H groups in total. The molecule has 0 radical (unpaired) electrons. The molecule has 0 unspecified atom stereocenters. The number of nitrogens with zero attached hydrogens (tertiary/aromatic N) is 3. The van der Waals surface area contributed by atoms with E-state index in [1.807, 2.05) is 11.0 Å². The number of piperidine rings is 1. The predicted octanol–water partition coefficient (Wildman–Crippen LogP) is 2.61. The van der Waals surface area contributed by atoms with Crippen molar-refractivity contribution in [2.45, 2.75) is 30.6 Å². The number of aliphatic hydroxyl groups is 2. The van der Waals surface area contributed by atoms with E-state index >= 15 is 0 Å². The summed E-state index contributed by atoms with van der Waals surface area (Å²) in [4.78, 5) is 19.1. The average Bonchev–Trinajstić information content (AvgIpc) is 2.78. The van der Waals surface area contributed by atoms with Crippen molar-refractivity contribution in [2.24, 2.45) is 0 Å². The standard InChI is InChI=1S/C24H26ClF2N3O3/c25-22-18(2-1-3-21(22)30-12-17(31)13-30)23(32)28-8-9-29-14-24(33,7-6-16(29)11-28)15-4-5-19(26)20(27)10-15/h1-5,10,16-17,31,33H,6-9,11-14H2/t16-,24-/m1/s1. The number of fused-ring (bicyclic) bond motifs is 1. The highest BCUT2D eigenvalue weighted by Gasteiger charge is 2.42. The Kier molecular flexibility index (Phi) is 5.81. The number of carbonyl (C=O) groups is 1. The molecule has 3 heterocycles. The summed E-state index contributed by atoms with van der Waals surface area (Å²) in [5, 5.41) is 21.1. The molecule has 2 aromatic carbocycles. The molecule has 3 aliphatic rings. The number of rotatable bonds is 3. The number of piperazine rings is 1. The fourth-order valence-corrected chi connectivity index (χ4v) is 5.48. The third kappa shape index (κ3) is 4.10. The predicted molar refractivity (Wildman–Crippen MR) is 120 cm³/mol. The number of β-amino-alcohol motifs (C(OH)–C–C–N with tert-alkyl or cyclic N) is 1. The van der Waals surface area contributed by atoms with Crippen LogP contribution >= 0.6 is 11.6 Å². The van der Waals surface area contributed by atoms with Crippen LogP contribution in [0.4, 0.5) is 14.5 Å². The monoisotopic (exact) mass is 477 g/mol. The van der Waals surface area contributed by atoms with Gasteiger partial charge in [0.1, 0.15) is 5.60 Å². The molecule has 0 aromatic heterocycles. The fraction of sp³-hybridized carbons (Fsp3) is 0.458. The van der Waals surface area contributed by atoms with Gasteiger partial charge in [-0.3, -0.25) is 9.69 Å². The van der Waals surface area contributed by atoms with Gasteiger partial charge in [-0.2, -0.15) is 0 Å². The third-order valence-corrected chi connectivity index (χ3v) is 7.51. The summed E-state index contributed by atoms with van der Waals surface area (Å²) < 4.78 is 27.1. The number of hydrogen-bond donors (Lipinski definition) is 2. The lowest BCUT2D eigenvalue weighted by molar-refractivity contribution is -0.0741. The number of benzene rings is 2. The minimum atomic E-state index is -1.25. The van der Waals surface area contributed by atoms with Crippen molar-refractivity contribution in [1.82, 2.24) is 9.80 Å². The Morgan fingerprint density at radius 3 is 2.61 bits per heavy atom. The summed E-state index contributed by atoms with van der Waals surface area (Å²) in [6.07, 6.45) is 0.651. The van der Waals surface area contributed by atoms with Crippen molar-refractivity contribution >= 4 is 23.2 Å². The molecule has 0 aliphatic carbocycles. The van der Waals surface area contributed by atoms with Gasteiger partial charge in [-0.25, -0.2) is 8.78 Å². The zero-order chi connectivity index (χ0) is 23.3. The first-order chi connectivity index (χ1) is 15.7. The molecule has 0 spiro atoms. The Morgan fingerprint density at radius 2 is 1.88 bits per heavy atom. The first-order valence-electron chi connectivity index (χ1n) is 11.2. The molecular weight excluding hydrogens is 452 g/mol. The summed E-state index contributed by atoms with van der Waals surface area (Å²) in [7, 11) is 0. The summed E-state index contributed by atoms with van der Waals surface area (Å²) in [5.41, 5.74) is 0.313. The van der Waals surface area contributed by atoms with Crippen molar-refractivity contribution in [3.63, 3.8) is 0 Å². The molecule has 2 aromatic rings. The lowest BCUT2D eigenvalue weighted by Crippen LogP contribution is -2.60. The van der Waals surface area contributed by atoms with E-state index in [1.54, 1.807) is 17.0 Å². The molecule has 2 atom stereocenters. The van der Waals surface area contributed by atoms with Crippen LogP contribution in [-0.2, 0) is 5.60 Å². The first-order valence-corrected chi connectivity index (χ1v) is 11.6. The van der Waals surface area contributed by atoms with Gasteiger partial charge in [0.25, 0.3) is 5.91 Å². The number of halogens is 3. The van der Waals surface area contributed by atoms with E-state index in [2.05, 4.69) is 4.90 Å². The number of anilines is 1. The van der Waals surface area contributed by atoms with Crippen LogP contribution in [0.15, 0.2) is 36.4 Å². The molecule has 0 saturated carbocycles. The van der Waals surface area contributed by atoms with Crippen LogP contribution in [0.25, 0.3) is 0 Å². The van der Waals surface area contributed by atoms with Gasteiger partial charge in [-0.05, 0) is 42.7 Å². The van der Waals surface area contributed by atoms with Crippen LogP contribution in [0.3, 0.4) is 0 Å². The smallest absolute Gasteiger partial charge is 0.255 e. The molecule has 33 heavy (non-hydrogen) atoms. The van der Waals surface area contributed by atoms with E-state index in [1.165, 1.54) is 6.07 Å². The van der Waals surface area contributed by atoms with E-state index in [-0.39, 0.29) is 18.1 Å². The average molecular weight is 478 g/mol. The molecule has 3 aliphatic heterocycles. The molecule has 3 saturated heterocycles. The number of amides is 1. The summed E-state index contributed by atoms with van der Waals surface area (Å²) in [5.74, 6) is -2.04. The second-order valence-electron chi connectivity index (χ2n) is 9.27. The second kappa shape index (κ2) is 8.51. The van der Waals surface area contributed by atoms with Gasteiger partial charge in [0.2, 0.25) is 0 Å². The highest BCUT2D eigenvalue weighted by atomic mass is 35.5. The van der Waals surface area contributed by atoms with Gasteiger partial charge in [-0.15, -0.1) is 0 Å². The van der Waals surface area contributed by atoms with Gasteiger partial charge >= 0.3 is 0 Å². The van der Waals surface area contributed by atoms with Crippen LogP contribution < -0.4 is 4.90 Å². The Labute approximate surface area is 196 Å². The molecule has 1 amide bonds. The van der Waals surface area contributed by atoms with Crippen LogP contribution in [0.5, 0.6) is 0 Å². The van der Waals surface area contributed by atoms with E-state index in [0.717, 1.165) is 17.8 Å². The van der Waals surface area contributed by atoms with Gasteiger partial charge < -0.3 is 20.0 Å². The Morgan fingerprint density at radius 1 is 1.09 bits per heavy atom. The number of carbonyl (C=O) groups excluding carboxylic acids is 1. The van der Waals surface area contributed by atoms with E-state index in [9.17, 15) is 23.8 Å². The SMILES string of the molecule is O=C(c1cccc(N2CC(O)C2)c1Cl)N1CCN2C[C@@](O)(c3ccc(F)c(F)c3)CC[C@@H]2C1. The van der Waals surface area contributed by atoms with Gasteiger partial charge in [0.15, 0.2) is 11.6 Å². The third-order valence-electron chi connectivity index (χ3n) is 7.12. The van der Waals surface area contributed by atoms with Gasteiger partial charge in [0.05, 0.1) is 22.4 Å². The normalized spacial score (nSPS) is 26.2. The molecule has 3 fully saturated rings. The van der Waals surface area contributed by atoms with Gasteiger partial charge in [0, 0.05) is 45.3 Å². The molecular formula is C24H26ClF2N3O3. The number of aliphatic hydroxyl groups excluding tert-OH is 1. The zero-order valence-corrected chi connectivity index (χ0v) is 18.8. The highest BCUT2D eigenvalue weighted by molar-refractivity contribution is 6.36. The van der Waals surface area contributed by atoms with Crippen molar-refractivity contribution in [1.29, 1.82) is 0 Å². The minimum Gasteiger partial charge on any atom is -0.389 e. The molecule has 9 heteroatoms. The lowest BCUT2D eigenvalue weighted by Gasteiger charge is -2.49. The van der Waals surface area contributed by atoms with Crippen LogP contribution in [-0.4, -0.2) is 77.3 Å². The molecule has 5 rings (SSSR count). The summed E-state index contributed by atoms with van der Waals surface area (Å²) in [6, 6.07) is 9.00. The Bertz CT molecular complexity index is 1080. The topological polar surface area (TPSA) is 67.3 Å². The van der Waals surface area contributed by atoms with E-state index < -0.39 is 17.2 Å². The van der Waals surface area contributed by atoms with Crippen LogP contribution in [0.1, 0.15) is 28.8 Å². The van der Waals surface area contributed by atoms with Crippen molar-refractivity contribution in [3.8, 4) is 0 Å². The largest absolute Gasteiger partial charge is 0.389 e. The second-order valence-corrected chi connectivity index (χ2v) is 9.65. The molecule has 176 valence electrons. The van der Waals surface area contributed by atoms with Gasteiger partial charge in [-0.1, -0.05) is 23.7 Å². The van der Waals surface area contributed by atoms with Crippen molar-refractivity contribution in [3.05, 3.63) is 64.2 Å². The first kappa shape index (κ1) is 22.5. The molecule has 0 bridgehead atoms. The maximum Gasteiger partial charge on any atom is 0.255 e. The summed E-state index contributed by atoms with van der Waals surface area (Å²) in [6.45, 7) is 2.86. The van der Waals surface area contributed by atoms with Crippen LogP contribution in [0, 0.1) is 11.6 Å². The Balaban J connectivity index is 1.28. The quantitative estimate of drug-likeness (QED) is 0.711. The van der Waals surface area contributed by atoms with Crippen molar-refractivity contribution in [2.75, 3.05) is 44.2 Å². The number of hydrogen-bond acceptors (Lipinski definition) is 5. The minimum absolute atomic E-state index is 0.0701. The maximum absolute atomic E-state index is 13.7. The van der Waals surface area contributed by atoms with E-state index in [0.29, 0.717) is 68.3 Å². The summed E-state index contributed by atoms with van der Waals surface area (Å²) >= 11 is 6.57. The van der Waals surface area contributed by atoms with Crippen molar-refractivity contribution < 1.29 is 23.8 Å². The molecule has 6 nitrogen and oxygen atoms in total. The fourth-order valence-electron chi connectivity index (χ4n) is 5.15. The van der Waals surface area contributed by atoms with Crippen LogP contribution in [0.2, 0.25) is 5.02 Å². The lowest BCUT2D eigenvalue weighted by atomic mass is 9.82.